The van der Waals surface area contributed by atoms with Gasteiger partial charge in [0.05, 0.1) is 13.2 Å². The van der Waals surface area contributed by atoms with Crippen molar-refractivity contribution in [3.63, 3.8) is 0 Å². The minimum absolute atomic E-state index is 0.196. The molecule has 72 valence electrons. The highest BCUT2D eigenvalue weighted by atomic mass is 16.6. The second-order valence-corrected chi connectivity index (χ2v) is 3.31. The Hall–Kier alpha value is -1.19. The molecule has 1 amide bonds. The molecule has 0 aromatic carbocycles. The van der Waals surface area contributed by atoms with Crippen LogP contribution in [-0.2, 0) is 4.74 Å². The van der Waals surface area contributed by atoms with Crippen molar-refractivity contribution in [3.05, 3.63) is 11.3 Å². The van der Waals surface area contributed by atoms with E-state index in [0.29, 0.717) is 13.2 Å². The third-order valence-corrected chi connectivity index (χ3v) is 2.45. The number of hydrogen-bond donors (Lipinski definition) is 1. The first kappa shape index (κ1) is 8.41. The van der Waals surface area contributed by atoms with Crippen LogP contribution in [0.4, 0.5) is 4.79 Å². The number of nitrogens with zero attached hydrogens (tertiary/aromatic N) is 1. The monoisotopic (exact) mass is 182 g/mol. The number of ether oxygens (including phenoxy) is 1. The summed E-state index contributed by atoms with van der Waals surface area (Å²) in [5, 5.41) is 3.28. The first-order chi connectivity index (χ1) is 6.31. The van der Waals surface area contributed by atoms with Gasteiger partial charge in [0.2, 0.25) is 0 Å². The van der Waals surface area contributed by atoms with E-state index in [0.717, 1.165) is 19.5 Å². The summed E-state index contributed by atoms with van der Waals surface area (Å²) in [4.78, 5) is 13.1. The molecule has 0 aromatic rings. The van der Waals surface area contributed by atoms with E-state index < -0.39 is 0 Å². The predicted molar refractivity (Wildman–Crippen MR) is 48.2 cm³/mol. The van der Waals surface area contributed by atoms with Crippen molar-refractivity contribution in [2.24, 2.45) is 0 Å². The third-order valence-electron chi connectivity index (χ3n) is 2.45. The second kappa shape index (κ2) is 3.28. The van der Waals surface area contributed by atoms with Crippen LogP contribution >= 0.6 is 0 Å². The second-order valence-electron chi connectivity index (χ2n) is 3.31. The van der Waals surface area contributed by atoms with Crippen molar-refractivity contribution in [3.8, 4) is 0 Å². The maximum atomic E-state index is 11.3. The summed E-state index contributed by atoms with van der Waals surface area (Å²) in [6, 6.07) is 0. The van der Waals surface area contributed by atoms with E-state index in [1.165, 1.54) is 11.3 Å². The van der Waals surface area contributed by atoms with Gasteiger partial charge in [-0.05, 0) is 18.9 Å². The Morgan fingerprint density at radius 1 is 1.62 bits per heavy atom. The number of carbonyl (C=O) groups is 1. The Kier molecular flexibility index (Phi) is 2.12. The molecule has 0 aromatic heterocycles. The number of amides is 1. The highest BCUT2D eigenvalue weighted by molar-refractivity contribution is 5.69. The highest BCUT2D eigenvalue weighted by Gasteiger charge is 2.28. The molecule has 0 bridgehead atoms. The van der Waals surface area contributed by atoms with E-state index in [2.05, 4.69) is 5.32 Å². The summed E-state index contributed by atoms with van der Waals surface area (Å²) in [7, 11) is 0. The van der Waals surface area contributed by atoms with Crippen molar-refractivity contribution in [2.45, 2.75) is 13.3 Å². The molecule has 2 aliphatic heterocycles. The van der Waals surface area contributed by atoms with Crippen LogP contribution in [0, 0.1) is 0 Å². The lowest BCUT2D eigenvalue weighted by atomic mass is 10.2. The van der Waals surface area contributed by atoms with E-state index in [9.17, 15) is 4.79 Å². The summed E-state index contributed by atoms with van der Waals surface area (Å²) >= 11 is 0. The molecule has 0 saturated heterocycles. The van der Waals surface area contributed by atoms with Crippen LogP contribution in [0.3, 0.4) is 0 Å². The van der Waals surface area contributed by atoms with Gasteiger partial charge in [-0.25, -0.2) is 4.79 Å². The molecule has 0 atom stereocenters. The summed E-state index contributed by atoms with van der Waals surface area (Å²) in [6.45, 7) is 4.76. The van der Waals surface area contributed by atoms with Crippen molar-refractivity contribution in [1.29, 1.82) is 0 Å². The molecule has 13 heavy (non-hydrogen) atoms. The molecular formula is C9H14N2O2. The maximum absolute atomic E-state index is 11.3. The first-order valence-corrected chi connectivity index (χ1v) is 4.67. The molecule has 0 aliphatic carbocycles. The Balaban J connectivity index is 1.91. The van der Waals surface area contributed by atoms with Crippen molar-refractivity contribution >= 4 is 6.09 Å². The zero-order valence-corrected chi connectivity index (χ0v) is 7.80. The molecule has 4 nitrogen and oxygen atoms in total. The molecular weight excluding hydrogens is 168 g/mol. The lowest BCUT2D eigenvalue weighted by molar-refractivity contribution is 0.116. The molecule has 0 saturated carbocycles. The van der Waals surface area contributed by atoms with Gasteiger partial charge >= 0.3 is 6.09 Å². The van der Waals surface area contributed by atoms with Crippen LogP contribution in [0.2, 0.25) is 0 Å². The van der Waals surface area contributed by atoms with Gasteiger partial charge in [-0.15, -0.1) is 0 Å². The fourth-order valence-corrected chi connectivity index (χ4v) is 1.80. The quantitative estimate of drug-likeness (QED) is 0.649. The maximum Gasteiger partial charge on any atom is 0.410 e. The molecule has 2 rings (SSSR count). The van der Waals surface area contributed by atoms with Gasteiger partial charge in [-0.3, -0.25) is 4.90 Å². The van der Waals surface area contributed by atoms with Gasteiger partial charge in [-0.2, -0.15) is 0 Å². The molecule has 0 unspecified atom stereocenters. The summed E-state index contributed by atoms with van der Waals surface area (Å²) < 4.78 is 4.92. The van der Waals surface area contributed by atoms with Crippen LogP contribution < -0.4 is 5.32 Å². The van der Waals surface area contributed by atoms with Gasteiger partial charge in [0.15, 0.2) is 0 Å². The van der Waals surface area contributed by atoms with E-state index in [1.54, 1.807) is 4.90 Å². The van der Waals surface area contributed by atoms with Crippen molar-refractivity contribution < 1.29 is 9.53 Å². The Labute approximate surface area is 77.5 Å². The minimum atomic E-state index is -0.196. The number of nitrogens with one attached hydrogen (secondary N) is 1. The molecule has 0 spiro atoms. The minimum Gasteiger partial charge on any atom is -0.450 e. The predicted octanol–water partition coefficient (Wildman–Crippen LogP) is 0.706. The van der Waals surface area contributed by atoms with Crippen LogP contribution in [-0.4, -0.2) is 37.2 Å². The zero-order valence-electron chi connectivity index (χ0n) is 7.80. The van der Waals surface area contributed by atoms with Gasteiger partial charge in [0.1, 0.15) is 0 Å². The fraction of sp³-hybridized carbons (Fsp3) is 0.667. The van der Waals surface area contributed by atoms with Crippen LogP contribution in [0.25, 0.3) is 0 Å². The molecule has 0 radical (unpaired) electrons. The Bertz CT molecular complexity index is 244. The van der Waals surface area contributed by atoms with Crippen LogP contribution in [0.1, 0.15) is 13.3 Å². The van der Waals surface area contributed by atoms with Gasteiger partial charge in [-0.1, -0.05) is 0 Å². The molecule has 2 heterocycles. The fourth-order valence-electron chi connectivity index (χ4n) is 1.80. The van der Waals surface area contributed by atoms with Crippen molar-refractivity contribution in [2.75, 3.05) is 26.2 Å². The number of hydrogen-bond acceptors (Lipinski definition) is 3. The van der Waals surface area contributed by atoms with E-state index >= 15 is 0 Å². The smallest absolute Gasteiger partial charge is 0.410 e. The average molecular weight is 182 g/mol. The Morgan fingerprint density at radius 3 is 3.15 bits per heavy atom. The summed E-state index contributed by atoms with van der Waals surface area (Å²) in [5.74, 6) is 0. The summed E-state index contributed by atoms with van der Waals surface area (Å²) in [5.41, 5.74) is 2.60. The van der Waals surface area contributed by atoms with Gasteiger partial charge in [0, 0.05) is 18.8 Å². The van der Waals surface area contributed by atoms with E-state index in [-0.39, 0.29) is 6.09 Å². The van der Waals surface area contributed by atoms with Crippen LogP contribution in [0.5, 0.6) is 0 Å². The topological polar surface area (TPSA) is 41.6 Å². The van der Waals surface area contributed by atoms with Crippen molar-refractivity contribution in [1.82, 2.24) is 10.2 Å². The van der Waals surface area contributed by atoms with Gasteiger partial charge < -0.3 is 10.1 Å². The first-order valence-electron chi connectivity index (χ1n) is 4.67. The van der Waals surface area contributed by atoms with Crippen LogP contribution in [0.15, 0.2) is 11.3 Å². The third kappa shape index (κ3) is 1.48. The number of carbonyl (C=O) groups excluding carboxylic acids is 1. The largest absolute Gasteiger partial charge is 0.450 e. The molecule has 2 aliphatic rings. The molecule has 1 N–H and O–H groups in total. The molecule has 0 fully saturated rings. The lowest BCUT2D eigenvalue weighted by Crippen LogP contribution is -2.32. The SMILES string of the molecule is CCOC(=O)N1CC2=C(C1)NCC2. The highest BCUT2D eigenvalue weighted by Crippen LogP contribution is 2.22. The average Bonchev–Trinajstić information content (AvgIpc) is 2.61. The van der Waals surface area contributed by atoms with E-state index in [1.807, 2.05) is 6.92 Å². The normalized spacial score (nSPS) is 20.2. The summed E-state index contributed by atoms with van der Waals surface area (Å²) in [6.07, 6.45) is 0.879. The van der Waals surface area contributed by atoms with E-state index in [4.69, 9.17) is 4.74 Å². The number of rotatable bonds is 1. The zero-order chi connectivity index (χ0) is 9.26. The lowest BCUT2D eigenvalue weighted by Gasteiger charge is -2.16. The standard InChI is InChI=1S/C9H14N2O2/c1-2-13-9(12)11-5-7-3-4-10-8(7)6-11/h10H,2-6H2,1H3. The molecule has 4 heteroatoms. The van der Waals surface area contributed by atoms with Gasteiger partial charge in [0.25, 0.3) is 0 Å². The Morgan fingerprint density at radius 2 is 2.46 bits per heavy atom.